The van der Waals surface area contributed by atoms with E-state index in [-0.39, 0.29) is 5.91 Å². The maximum atomic E-state index is 12.1. The maximum Gasteiger partial charge on any atom is 0.271 e. The van der Waals surface area contributed by atoms with E-state index >= 15 is 0 Å². The van der Waals surface area contributed by atoms with Crippen LogP contribution in [0.5, 0.6) is 0 Å². The van der Waals surface area contributed by atoms with Crippen LogP contribution in [0.25, 0.3) is 0 Å². The third-order valence-electron chi connectivity index (χ3n) is 2.89. The second-order valence-electron chi connectivity index (χ2n) is 4.23. The minimum Gasteiger partial charge on any atom is -0.395 e. The fourth-order valence-corrected chi connectivity index (χ4v) is 1.90. The van der Waals surface area contributed by atoms with Crippen molar-refractivity contribution in [1.29, 1.82) is 0 Å². The Balaban J connectivity index is 2.10. The van der Waals surface area contributed by atoms with Crippen LogP contribution >= 0.6 is 0 Å². The highest BCUT2D eigenvalue weighted by Crippen LogP contribution is 2.16. The number of hydrogen-bond acceptors (Lipinski definition) is 4. The van der Waals surface area contributed by atoms with Crippen molar-refractivity contribution in [2.45, 2.75) is 19.9 Å². The standard InChI is InChI=1S/C13H17N5O/c1-3-10-11(14)12(18(2)17-10)13(19)16-8-9-5-4-6-15-7-9/h4-7H,3,8,14H2,1-2H3,(H,16,19). The number of rotatable bonds is 4. The molecule has 0 saturated heterocycles. The third-order valence-corrected chi connectivity index (χ3v) is 2.89. The van der Waals surface area contributed by atoms with E-state index in [0.717, 1.165) is 11.3 Å². The van der Waals surface area contributed by atoms with Gasteiger partial charge < -0.3 is 11.1 Å². The van der Waals surface area contributed by atoms with Crippen molar-refractivity contribution in [1.82, 2.24) is 20.1 Å². The summed E-state index contributed by atoms with van der Waals surface area (Å²) in [5, 5.41) is 7.04. The Morgan fingerprint density at radius 3 is 2.89 bits per heavy atom. The number of amides is 1. The Labute approximate surface area is 111 Å². The van der Waals surface area contributed by atoms with Crippen molar-refractivity contribution in [3.63, 3.8) is 0 Å². The highest BCUT2D eigenvalue weighted by Gasteiger charge is 2.18. The third kappa shape index (κ3) is 2.73. The lowest BCUT2D eigenvalue weighted by Crippen LogP contribution is -2.26. The lowest BCUT2D eigenvalue weighted by molar-refractivity contribution is 0.0942. The summed E-state index contributed by atoms with van der Waals surface area (Å²) in [6, 6.07) is 3.73. The first-order valence-corrected chi connectivity index (χ1v) is 6.12. The lowest BCUT2D eigenvalue weighted by Gasteiger charge is -2.06. The summed E-state index contributed by atoms with van der Waals surface area (Å²) in [7, 11) is 1.72. The number of anilines is 1. The number of aromatic nitrogens is 3. The molecule has 2 heterocycles. The molecule has 0 fully saturated rings. The molecule has 0 spiro atoms. The van der Waals surface area contributed by atoms with E-state index in [4.69, 9.17) is 5.73 Å². The van der Waals surface area contributed by atoms with Crippen molar-refractivity contribution >= 4 is 11.6 Å². The molecule has 2 aromatic rings. The van der Waals surface area contributed by atoms with Crippen LogP contribution < -0.4 is 11.1 Å². The number of nitrogens with one attached hydrogen (secondary N) is 1. The number of nitrogen functional groups attached to an aromatic ring is 1. The Bertz CT molecular complexity index is 576. The highest BCUT2D eigenvalue weighted by molar-refractivity contribution is 5.97. The zero-order chi connectivity index (χ0) is 13.8. The van der Waals surface area contributed by atoms with Crippen LogP contribution in [0.2, 0.25) is 0 Å². The normalized spacial score (nSPS) is 10.4. The van der Waals surface area contributed by atoms with Crippen molar-refractivity contribution < 1.29 is 4.79 Å². The zero-order valence-electron chi connectivity index (χ0n) is 11.1. The van der Waals surface area contributed by atoms with Gasteiger partial charge in [0.15, 0.2) is 0 Å². The largest absolute Gasteiger partial charge is 0.395 e. The minimum absolute atomic E-state index is 0.226. The van der Waals surface area contributed by atoms with E-state index in [1.54, 1.807) is 19.4 Å². The molecule has 6 nitrogen and oxygen atoms in total. The molecule has 100 valence electrons. The fourth-order valence-electron chi connectivity index (χ4n) is 1.90. The molecule has 1 amide bonds. The van der Waals surface area contributed by atoms with Gasteiger partial charge in [0.05, 0.1) is 11.4 Å². The van der Waals surface area contributed by atoms with Crippen LogP contribution in [0.15, 0.2) is 24.5 Å². The van der Waals surface area contributed by atoms with Gasteiger partial charge in [-0.25, -0.2) is 0 Å². The van der Waals surface area contributed by atoms with Crippen molar-refractivity contribution in [2.24, 2.45) is 7.05 Å². The molecule has 0 aromatic carbocycles. The van der Waals surface area contributed by atoms with Gasteiger partial charge in [-0.05, 0) is 18.1 Å². The number of hydrogen-bond donors (Lipinski definition) is 2. The van der Waals surface area contributed by atoms with Crippen LogP contribution in [0.3, 0.4) is 0 Å². The topological polar surface area (TPSA) is 85.8 Å². The monoisotopic (exact) mass is 259 g/mol. The van der Waals surface area contributed by atoms with Gasteiger partial charge in [0.25, 0.3) is 5.91 Å². The van der Waals surface area contributed by atoms with E-state index in [9.17, 15) is 4.79 Å². The van der Waals surface area contributed by atoms with Gasteiger partial charge in [0, 0.05) is 26.0 Å². The average Bonchev–Trinajstić information content (AvgIpc) is 2.72. The van der Waals surface area contributed by atoms with Crippen molar-refractivity contribution in [3.8, 4) is 0 Å². The second kappa shape index (κ2) is 5.51. The van der Waals surface area contributed by atoms with E-state index in [0.29, 0.717) is 24.3 Å². The molecule has 0 unspecified atom stereocenters. The number of carbonyl (C=O) groups excluding carboxylic acids is 1. The van der Waals surface area contributed by atoms with E-state index in [1.807, 2.05) is 19.1 Å². The van der Waals surface area contributed by atoms with Crippen LogP contribution in [0.4, 0.5) is 5.69 Å². The molecule has 6 heteroatoms. The lowest BCUT2D eigenvalue weighted by atomic mass is 10.2. The van der Waals surface area contributed by atoms with Gasteiger partial charge in [0.1, 0.15) is 5.69 Å². The molecule has 0 aliphatic rings. The Morgan fingerprint density at radius 1 is 1.53 bits per heavy atom. The first-order valence-electron chi connectivity index (χ1n) is 6.12. The van der Waals surface area contributed by atoms with Gasteiger partial charge in [-0.1, -0.05) is 13.0 Å². The molecule has 3 N–H and O–H groups in total. The molecule has 0 bridgehead atoms. The molecular formula is C13H17N5O. The quantitative estimate of drug-likeness (QED) is 0.853. The smallest absolute Gasteiger partial charge is 0.271 e. The van der Waals surface area contributed by atoms with Crippen molar-refractivity contribution in [3.05, 3.63) is 41.5 Å². The second-order valence-corrected chi connectivity index (χ2v) is 4.23. The van der Waals surface area contributed by atoms with Crippen LogP contribution in [0, 0.1) is 0 Å². The summed E-state index contributed by atoms with van der Waals surface area (Å²) in [6.07, 6.45) is 4.11. The van der Waals surface area contributed by atoms with Gasteiger partial charge in [-0.15, -0.1) is 0 Å². The van der Waals surface area contributed by atoms with Gasteiger partial charge in [0.2, 0.25) is 0 Å². The average molecular weight is 259 g/mol. The first-order chi connectivity index (χ1) is 9.13. The minimum atomic E-state index is -0.226. The summed E-state index contributed by atoms with van der Waals surface area (Å²) >= 11 is 0. The SMILES string of the molecule is CCc1nn(C)c(C(=O)NCc2cccnc2)c1N. The number of nitrogens with zero attached hydrogens (tertiary/aromatic N) is 3. The number of carbonyl (C=O) groups is 1. The fraction of sp³-hybridized carbons (Fsp3) is 0.308. The van der Waals surface area contributed by atoms with E-state index in [1.165, 1.54) is 4.68 Å². The maximum absolute atomic E-state index is 12.1. The van der Waals surface area contributed by atoms with Crippen LogP contribution in [-0.2, 0) is 20.0 Å². The molecule has 0 aliphatic carbocycles. The number of nitrogens with two attached hydrogens (primary N) is 1. The number of pyridine rings is 1. The Hall–Kier alpha value is -2.37. The summed E-state index contributed by atoms with van der Waals surface area (Å²) in [5.41, 5.74) is 8.47. The summed E-state index contributed by atoms with van der Waals surface area (Å²) in [6.45, 7) is 2.37. The molecule has 0 aliphatic heterocycles. The number of aryl methyl sites for hydroxylation is 2. The van der Waals surface area contributed by atoms with Crippen molar-refractivity contribution in [2.75, 3.05) is 5.73 Å². The Morgan fingerprint density at radius 2 is 2.32 bits per heavy atom. The Kier molecular flexibility index (Phi) is 3.79. The predicted molar refractivity (Wildman–Crippen MR) is 72.4 cm³/mol. The van der Waals surface area contributed by atoms with Gasteiger partial charge in [-0.3, -0.25) is 14.5 Å². The first kappa shape index (κ1) is 13.1. The molecule has 0 saturated carbocycles. The van der Waals surface area contributed by atoms with Crippen LogP contribution in [0.1, 0.15) is 28.7 Å². The van der Waals surface area contributed by atoms with E-state index in [2.05, 4.69) is 15.4 Å². The predicted octanol–water partition coefficient (Wildman–Crippen LogP) is 0.890. The molecule has 2 aromatic heterocycles. The molecule has 0 atom stereocenters. The zero-order valence-corrected chi connectivity index (χ0v) is 11.1. The molecule has 2 rings (SSSR count). The van der Waals surface area contributed by atoms with Gasteiger partial charge in [-0.2, -0.15) is 5.10 Å². The molecule has 19 heavy (non-hydrogen) atoms. The summed E-state index contributed by atoms with van der Waals surface area (Å²) < 4.78 is 1.52. The highest BCUT2D eigenvalue weighted by atomic mass is 16.2. The molecular weight excluding hydrogens is 242 g/mol. The summed E-state index contributed by atoms with van der Waals surface area (Å²) in [5.74, 6) is -0.226. The van der Waals surface area contributed by atoms with Gasteiger partial charge >= 0.3 is 0 Å². The molecule has 0 radical (unpaired) electrons. The summed E-state index contributed by atoms with van der Waals surface area (Å²) in [4.78, 5) is 16.1. The van der Waals surface area contributed by atoms with E-state index < -0.39 is 0 Å². The van der Waals surface area contributed by atoms with Crippen LogP contribution in [-0.4, -0.2) is 20.7 Å².